The van der Waals surface area contributed by atoms with Crippen molar-refractivity contribution >= 4 is 21.0 Å². The summed E-state index contributed by atoms with van der Waals surface area (Å²) >= 11 is 0. The zero-order chi connectivity index (χ0) is 6.57. The van der Waals surface area contributed by atoms with Crippen molar-refractivity contribution in [3.63, 3.8) is 0 Å². The van der Waals surface area contributed by atoms with E-state index in [4.69, 9.17) is 10.7 Å². The fourth-order valence-electron chi connectivity index (χ4n) is 0.112. The summed E-state index contributed by atoms with van der Waals surface area (Å²) in [5, 5.41) is 0. The lowest BCUT2D eigenvalue weighted by Crippen LogP contribution is -1.99. The number of alkyl halides is 1. The lowest BCUT2D eigenvalue weighted by atomic mass is 10.7. The Morgan fingerprint density at radius 1 is 2.00 bits per heavy atom. The van der Waals surface area contributed by atoms with Crippen LogP contribution in [0.2, 0.25) is 0 Å². The molecule has 2 unspecified atom stereocenters. The van der Waals surface area contributed by atoms with Crippen LogP contribution in [-0.2, 0) is 14.5 Å². The highest BCUT2D eigenvalue weighted by molar-refractivity contribution is 8.04. The first-order valence-corrected chi connectivity index (χ1v) is 3.58. The fourth-order valence-corrected chi connectivity index (χ4v) is 0.543. The maximum absolute atomic E-state index is 11.8. The summed E-state index contributed by atoms with van der Waals surface area (Å²) in [6, 6.07) is 0. The van der Waals surface area contributed by atoms with Gasteiger partial charge in [0, 0.05) is 10.7 Å². The van der Waals surface area contributed by atoms with E-state index in [9.17, 15) is 8.60 Å². The third-order valence-corrected chi connectivity index (χ3v) is 0.906. The molecule has 0 aromatic heterocycles. The molecule has 0 aliphatic rings. The molecule has 0 saturated carbocycles. The van der Waals surface area contributed by atoms with Crippen LogP contribution in [0.3, 0.4) is 0 Å². The fraction of sp³-hybridized carbons (Fsp3) is 0.333. The van der Waals surface area contributed by atoms with Gasteiger partial charge in [-0.1, -0.05) is 6.58 Å². The molecule has 2 atom stereocenters. The summed E-state index contributed by atoms with van der Waals surface area (Å²) < 4.78 is 25.4. The molecular formula is C3H4ClFO2S. The molecule has 0 N–H and O–H groups in total. The molecule has 8 heavy (non-hydrogen) atoms. The zero-order valence-corrected chi connectivity index (χ0v) is 5.41. The summed E-state index contributed by atoms with van der Waals surface area (Å²) in [6.07, 6.45) is -0.895. The second-order valence-corrected chi connectivity index (χ2v) is 2.21. The minimum Gasteiger partial charge on any atom is -0.237 e. The van der Waals surface area contributed by atoms with Gasteiger partial charge < -0.3 is 0 Å². The second-order valence-electron chi connectivity index (χ2n) is 0.877. The van der Waals surface area contributed by atoms with Crippen LogP contribution >= 0.6 is 10.7 Å². The number of rotatable bonds is 3. The maximum atomic E-state index is 11.8. The van der Waals surface area contributed by atoms with Gasteiger partial charge >= 0.3 is 0 Å². The largest absolute Gasteiger partial charge is 0.259 e. The van der Waals surface area contributed by atoms with Crippen LogP contribution in [0.5, 0.6) is 0 Å². The van der Waals surface area contributed by atoms with Crippen molar-refractivity contribution in [1.82, 2.24) is 0 Å². The third kappa shape index (κ3) is 4.23. The Morgan fingerprint density at radius 3 is 2.62 bits per heavy atom. The minimum absolute atomic E-state index is 0.848. The van der Waals surface area contributed by atoms with Gasteiger partial charge in [0.05, 0.1) is 0 Å². The van der Waals surface area contributed by atoms with E-state index in [1.807, 2.05) is 0 Å². The molecular weight excluding hydrogens is 155 g/mol. The van der Waals surface area contributed by atoms with Gasteiger partial charge in [0.1, 0.15) is 0 Å². The Balaban J connectivity index is 3.38. The van der Waals surface area contributed by atoms with E-state index in [2.05, 4.69) is 10.8 Å². The Kier molecular flexibility index (Phi) is 4.03. The van der Waals surface area contributed by atoms with Crippen molar-refractivity contribution in [1.29, 1.82) is 0 Å². The van der Waals surface area contributed by atoms with Gasteiger partial charge in [0.25, 0.3) is 10.3 Å². The maximum Gasteiger partial charge on any atom is 0.259 e. The van der Waals surface area contributed by atoms with Gasteiger partial charge in [-0.2, -0.15) is 0 Å². The molecule has 0 radical (unpaired) electrons. The molecule has 0 aliphatic heterocycles. The predicted octanol–water partition coefficient (Wildman–Crippen LogP) is 1.30. The van der Waals surface area contributed by atoms with Crippen LogP contribution < -0.4 is 0 Å². The highest BCUT2D eigenvalue weighted by Gasteiger charge is 2.02. The van der Waals surface area contributed by atoms with E-state index in [0.717, 1.165) is 6.08 Å². The van der Waals surface area contributed by atoms with Crippen LogP contribution in [0.25, 0.3) is 0 Å². The summed E-state index contributed by atoms with van der Waals surface area (Å²) in [4.78, 5) is 0. The summed E-state index contributed by atoms with van der Waals surface area (Å²) in [5.74, 6) is 0. The second kappa shape index (κ2) is 4.00. The smallest absolute Gasteiger partial charge is 0.237 e. The molecule has 48 valence electrons. The van der Waals surface area contributed by atoms with Crippen LogP contribution in [0.1, 0.15) is 0 Å². The molecule has 0 spiro atoms. The van der Waals surface area contributed by atoms with Crippen LogP contribution in [0.15, 0.2) is 12.7 Å². The molecule has 0 saturated heterocycles. The molecule has 0 rings (SSSR count). The molecule has 0 aromatic carbocycles. The molecule has 0 amide bonds. The first-order chi connectivity index (χ1) is 3.66. The Hall–Kier alpha value is 0.0700. The number of hydrogen-bond donors (Lipinski definition) is 0. The van der Waals surface area contributed by atoms with Gasteiger partial charge in [-0.25, -0.2) is 12.8 Å². The highest BCUT2D eigenvalue weighted by atomic mass is 35.7. The predicted molar refractivity (Wildman–Crippen MR) is 30.2 cm³/mol. The third-order valence-electron chi connectivity index (χ3n) is 0.353. The van der Waals surface area contributed by atoms with E-state index in [0.29, 0.717) is 0 Å². The minimum atomic E-state index is -2.07. The van der Waals surface area contributed by atoms with E-state index < -0.39 is 16.7 Å². The summed E-state index contributed by atoms with van der Waals surface area (Å²) in [5.41, 5.74) is 0. The average molecular weight is 159 g/mol. The first-order valence-electron chi connectivity index (χ1n) is 1.68. The Labute approximate surface area is 53.4 Å². The highest BCUT2D eigenvalue weighted by Crippen LogP contribution is 2.00. The molecule has 0 heterocycles. The van der Waals surface area contributed by atoms with Gasteiger partial charge in [0.2, 0.25) is 6.36 Å². The molecule has 5 heteroatoms. The topological polar surface area (TPSA) is 26.3 Å². The normalized spacial score (nSPS) is 17.2. The number of hydrogen-bond acceptors (Lipinski definition) is 2. The van der Waals surface area contributed by atoms with Crippen molar-refractivity contribution < 1.29 is 12.8 Å². The van der Waals surface area contributed by atoms with Crippen LogP contribution in [0.4, 0.5) is 4.39 Å². The average Bonchev–Trinajstić information content (AvgIpc) is 1.65. The van der Waals surface area contributed by atoms with E-state index in [1.165, 1.54) is 0 Å². The van der Waals surface area contributed by atoms with Crippen molar-refractivity contribution in [2.75, 3.05) is 0 Å². The van der Waals surface area contributed by atoms with Crippen molar-refractivity contribution in [2.24, 2.45) is 0 Å². The van der Waals surface area contributed by atoms with Gasteiger partial charge in [-0.3, -0.25) is 0 Å². The molecule has 2 nitrogen and oxygen atoms in total. The Bertz CT molecular complexity index is 107. The van der Waals surface area contributed by atoms with E-state index in [-0.39, 0.29) is 0 Å². The molecule has 0 aliphatic carbocycles. The monoisotopic (exact) mass is 158 g/mol. The molecule has 0 fully saturated rings. The van der Waals surface area contributed by atoms with Crippen molar-refractivity contribution in [3.05, 3.63) is 12.7 Å². The van der Waals surface area contributed by atoms with E-state index in [1.54, 1.807) is 0 Å². The Morgan fingerprint density at radius 2 is 2.50 bits per heavy atom. The lowest BCUT2D eigenvalue weighted by Gasteiger charge is -1.95. The standard InChI is InChI=1S/C3H4ClFO2S/c1-2-3(5)7-8(4)6/h2-3H,1H2. The van der Waals surface area contributed by atoms with Crippen molar-refractivity contribution in [2.45, 2.75) is 6.36 Å². The van der Waals surface area contributed by atoms with E-state index >= 15 is 0 Å². The van der Waals surface area contributed by atoms with Crippen LogP contribution in [-0.4, -0.2) is 10.6 Å². The van der Waals surface area contributed by atoms with Gasteiger partial charge in [-0.15, -0.1) is 0 Å². The van der Waals surface area contributed by atoms with Crippen molar-refractivity contribution in [3.8, 4) is 0 Å². The number of halogens is 2. The van der Waals surface area contributed by atoms with Crippen LogP contribution in [0, 0.1) is 0 Å². The quantitative estimate of drug-likeness (QED) is 0.457. The summed E-state index contributed by atoms with van der Waals surface area (Å²) in [7, 11) is 2.64. The summed E-state index contributed by atoms with van der Waals surface area (Å²) in [6.45, 7) is 3.02. The molecule has 0 aromatic rings. The molecule has 0 bridgehead atoms. The first kappa shape index (κ1) is 8.07. The van der Waals surface area contributed by atoms with Gasteiger partial charge in [-0.05, 0) is 6.08 Å². The van der Waals surface area contributed by atoms with Gasteiger partial charge in [0.15, 0.2) is 0 Å². The lowest BCUT2D eigenvalue weighted by molar-refractivity contribution is 0.135. The zero-order valence-electron chi connectivity index (χ0n) is 3.84. The SMILES string of the molecule is C=CC(F)OS(=O)Cl.